The molecule has 0 amide bonds. The van der Waals surface area contributed by atoms with Crippen LogP contribution in [0.15, 0.2) is 0 Å². The molecule has 0 aromatic rings. The highest BCUT2D eigenvalue weighted by atomic mass is 19.4. The van der Waals surface area contributed by atoms with Crippen molar-refractivity contribution in [3.63, 3.8) is 0 Å². The summed E-state index contributed by atoms with van der Waals surface area (Å²) < 4.78 is 67.4. The molecule has 0 heterocycles. The molecule has 0 rings (SSSR count). The van der Waals surface area contributed by atoms with E-state index in [1.807, 2.05) is 0 Å². The number of carbonyl (C=O) groups excluding carboxylic acids is 2. The van der Waals surface area contributed by atoms with Gasteiger partial charge in [0.15, 0.2) is 0 Å². The molecule has 100 valence electrons. The first-order chi connectivity index (χ1) is 7.58. The molecule has 0 N–H and O–H groups in total. The van der Waals surface area contributed by atoms with Gasteiger partial charge in [0.2, 0.25) is 5.78 Å². The number of esters is 1. The number of ketones is 1. The number of halogens is 5. The van der Waals surface area contributed by atoms with Gasteiger partial charge in [0.25, 0.3) is 0 Å². The van der Waals surface area contributed by atoms with Gasteiger partial charge in [0.1, 0.15) is 13.0 Å². The van der Waals surface area contributed by atoms with Crippen molar-refractivity contribution in [2.24, 2.45) is 0 Å². The second-order valence-electron chi connectivity index (χ2n) is 2.83. The van der Waals surface area contributed by atoms with Gasteiger partial charge in [-0.3, -0.25) is 9.59 Å². The molecule has 0 bridgehead atoms. The van der Waals surface area contributed by atoms with E-state index in [4.69, 9.17) is 0 Å². The molecule has 0 saturated carbocycles. The average molecular weight is 264 g/mol. The molecule has 17 heavy (non-hydrogen) atoms. The van der Waals surface area contributed by atoms with Crippen LogP contribution in [-0.2, 0) is 19.1 Å². The minimum Gasteiger partial charge on any atom is -0.466 e. The Morgan fingerprint density at radius 1 is 1.12 bits per heavy atom. The number of carbonyl (C=O) groups is 2. The van der Waals surface area contributed by atoms with Crippen molar-refractivity contribution in [3.8, 4) is 0 Å². The van der Waals surface area contributed by atoms with E-state index in [1.54, 1.807) is 0 Å². The van der Waals surface area contributed by atoms with Gasteiger partial charge in [-0.2, -0.15) is 22.0 Å². The SMILES string of the molecule is CCOC(=O)CC(=O)C(F)(F)OCC(F)(F)F. The van der Waals surface area contributed by atoms with E-state index >= 15 is 0 Å². The lowest BCUT2D eigenvalue weighted by atomic mass is 10.2. The van der Waals surface area contributed by atoms with E-state index in [2.05, 4.69) is 9.47 Å². The molecule has 4 nitrogen and oxygen atoms in total. The van der Waals surface area contributed by atoms with Crippen LogP contribution >= 0.6 is 0 Å². The van der Waals surface area contributed by atoms with Crippen LogP contribution < -0.4 is 0 Å². The predicted octanol–water partition coefficient (Wildman–Crippen LogP) is 1.68. The summed E-state index contributed by atoms with van der Waals surface area (Å²) in [5.74, 6) is -3.34. The van der Waals surface area contributed by atoms with Gasteiger partial charge in [-0.25, -0.2) is 0 Å². The number of hydrogen-bond acceptors (Lipinski definition) is 4. The van der Waals surface area contributed by atoms with Crippen LogP contribution in [0.4, 0.5) is 22.0 Å². The van der Waals surface area contributed by atoms with Gasteiger partial charge >= 0.3 is 18.3 Å². The lowest BCUT2D eigenvalue weighted by molar-refractivity contribution is -0.274. The fourth-order valence-corrected chi connectivity index (χ4v) is 0.699. The smallest absolute Gasteiger partial charge is 0.417 e. The van der Waals surface area contributed by atoms with Crippen LogP contribution in [0.5, 0.6) is 0 Å². The summed E-state index contributed by atoms with van der Waals surface area (Å²) >= 11 is 0. The average Bonchev–Trinajstić information content (AvgIpc) is 2.14. The molecule has 0 aromatic heterocycles. The molecule has 0 aliphatic rings. The molecule has 0 aliphatic heterocycles. The molecule has 0 aliphatic carbocycles. The lowest BCUT2D eigenvalue weighted by Crippen LogP contribution is -2.37. The van der Waals surface area contributed by atoms with Gasteiger partial charge < -0.3 is 9.47 Å². The Kier molecular flexibility index (Phi) is 5.46. The quantitative estimate of drug-likeness (QED) is 0.416. The molecule has 0 radical (unpaired) electrons. The van der Waals surface area contributed by atoms with Crippen molar-refractivity contribution in [1.29, 1.82) is 0 Å². The molecule has 9 heteroatoms. The standard InChI is InChI=1S/C8H9F5O4/c1-2-16-6(15)3-5(14)8(12,13)17-4-7(9,10)11/h2-4H2,1H3. The molecule has 0 saturated heterocycles. The Labute approximate surface area is 92.7 Å². The van der Waals surface area contributed by atoms with Crippen molar-refractivity contribution in [3.05, 3.63) is 0 Å². The maximum Gasteiger partial charge on any atom is 0.417 e. The highest BCUT2D eigenvalue weighted by Gasteiger charge is 2.44. The Morgan fingerprint density at radius 2 is 1.65 bits per heavy atom. The van der Waals surface area contributed by atoms with E-state index in [0.717, 1.165) is 0 Å². The molecule has 0 unspecified atom stereocenters. The van der Waals surface area contributed by atoms with E-state index in [-0.39, 0.29) is 6.61 Å². The normalized spacial score (nSPS) is 12.4. The third-order valence-corrected chi connectivity index (χ3v) is 1.35. The molecule has 0 fully saturated rings. The Morgan fingerprint density at radius 3 is 2.06 bits per heavy atom. The summed E-state index contributed by atoms with van der Waals surface area (Å²) in [4.78, 5) is 21.4. The maximum atomic E-state index is 12.7. The highest BCUT2D eigenvalue weighted by Crippen LogP contribution is 2.23. The third-order valence-electron chi connectivity index (χ3n) is 1.35. The second-order valence-corrected chi connectivity index (χ2v) is 2.83. The van der Waals surface area contributed by atoms with Crippen LogP contribution in [0, 0.1) is 0 Å². The zero-order valence-corrected chi connectivity index (χ0v) is 8.64. The largest absolute Gasteiger partial charge is 0.466 e. The van der Waals surface area contributed by atoms with Gasteiger partial charge in [0.05, 0.1) is 6.61 Å². The zero-order chi connectivity index (χ0) is 13.7. The van der Waals surface area contributed by atoms with Gasteiger partial charge in [-0.1, -0.05) is 0 Å². The van der Waals surface area contributed by atoms with E-state index in [0.29, 0.717) is 0 Å². The molecule has 0 atom stereocenters. The van der Waals surface area contributed by atoms with Gasteiger partial charge in [-0.15, -0.1) is 0 Å². The molecule has 0 aromatic carbocycles. The minimum absolute atomic E-state index is 0.138. The first-order valence-corrected chi connectivity index (χ1v) is 4.36. The summed E-state index contributed by atoms with van der Waals surface area (Å²) in [7, 11) is 0. The van der Waals surface area contributed by atoms with Crippen LogP contribution in [-0.4, -0.2) is 37.3 Å². The Bertz CT molecular complexity index is 286. The monoisotopic (exact) mass is 264 g/mol. The van der Waals surface area contributed by atoms with Crippen molar-refractivity contribution in [1.82, 2.24) is 0 Å². The summed E-state index contributed by atoms with van der Waals surface area (Å²) in [5, 5.41) is 0. The molecular formula is C8H9F5O4. The second kappa shape index (κ2) is 5.89. The van der Waals surface area contributed by atoms with Crippen LogP contribution in [0.3, 0.4) is 0 Å². The Hall–Kier alpha value is -1.25. The molecule has 0 spiro atoms. The van der Waals surface area contributed by atoms with Crippen molar-refractivity contribution in [2.75, 3.05) is 13.2 Å². The topological polar surface area (TPSA) is 52.6 Å². The van der Waals surface area contributed by atoms with Gasteiger partial charge in [-0.05, 0) is 6.92 Å². The molecular weight excluding hydrogens is 255 g/mol. The number of Topliss-reactive ketones (excluding diaryl/α,β-unsaturated/α-hetero) is 1. The fourth-order valence-electron chi connectivity index (χ4n) is 0.699. The van der Waals surface area contributed by atoms with Crippen molar-refractivity contribution >= 4 is 11.8 Å². The first-order valence-electron chi connectivity index (χ1n) is 4.36. The van der Waals surface area contributed by atoms with Gasteiger partial charge in [0, 0.05) is 0 Å². The van der Waals surface area contributed by atoms with Crippen LogP contribution in [0.25, 0.3) is 0 Å². The first kappa shape index (κ1) is 15.8. The lowest BCUT2D eigenvalue weighted by Gasteiger charge is -2.16. The highest BCUT2D eigenvalue weighted by molar-refractivity contribution is 5.98. The third kappa shape index (κ3) is 6.82. The van der Waals surface area contributed by atoms with Crippen LogP contribution in [0.2, 0.25) is 0 Å². The van der Waals surface area contributed by atoms with Crippen molar-refractivity contribution < 1.29 is 41.0 Å². The fraction of sp³-hybridized carbons (Fsp3) is 0.750. The van der Waals surface area contributed by atoms with Crippen molar-refractivity contribution in [2.45, 2.75) is 25.6 Å². The van der Waals surface area contributed by atoms with E-state index < -0.39 is 37.1 Å². The zero-order valence-electron chi connectivity index (χ0n) is 8.64. The van der Waals surface area contributed by atoms with E-state index in [9.17, 15) is 31.5 Å². The number of alkyl halides is 5. The van der Waals surface area contributed by atoms with Crippen LogP contribution in [0.1, 0.15) is 13.3 Å². The summed E-state index contributed by atoms with van der Waals surface area (Å²) in [6.07, 6.45) is -11.0. The Balaban J connectivity index is 4.30. The summed E-state index contributed by atoms with van der Waals surface area (Å²) in [6.45, 7) is -1.05. The number of ether oxygens (including phenoxy) is 2. The summed E-state index contributed by atoms with van der Waals surface area (Å²) in [5.41, 5.74) is 0. The minimum atomic E-state index is -4.99. The number of rotatable bonds is 6. The number of hydrogen-bond donors (Lipinski definition) is 0. The summed E-state index contributed by atoms with van der Waals surface area (Å²) in [6, 6.07) is 0. The van der Waals surface area contributed by atoms with E-state index in [1.165, 1.54) is 6.92 Å². The maximum absolute atomic E-state index is 12.7. The predicted molar refractivity (Wildman–Crippen MR) is 43.2 cm³/mol.